The fraction of sp³-hybridized carbons (Fsp3) is 0.467. The van der Waals surface area contributed by atoms with E-state index in [-0.39, 0.29) is 24.1 Å². The quantitative estimate of drug-likeness (QED) is 0.471. The van der Waals surface area contributed by atoms with Gasteiger partial charge in [0.05, 0.1) is 13.7 Å². The lowest BCUT2D eigenvalue weighted by Gasteiger charge is -2.20. The Bertz CT molecular complexity index is 673. The summed E-state index contributed by atoms with van der Waals surface area (Å²) in [5.74, 6) is -2.10. The Balaban J connectivity index is 1.76. The smallest absolute Gasteiger partial charge is 0.373 e. The van der Waals surface area contributed by atoms with Gasteiger partial charge in [0, 0.05) is 6.04 Å². The van der Waals surface area contributed by atoms with E-state index >= 15 is 0 Å². The second-order valence-electron chi connectivity index (χ2n) is 5.54. The number of urea groups is 1. The van der Waals surface area contributed by atoms with E-state index in [1.807, 2.05) is 0 Å². The van der Waals surface area contributed by atoms with Crippen LogP contribution in [0.25, 0.3) is 0 Å². The molecule has 0 spiro atoms. The largest absolute Gasteiger partial charge is 0.463 e. The first-order chi connectivity index (χ1) is 11.0. The van der Waals surface area contributed by atoms with Crippen molar-refractivity contribution in [2.45, 2.75) is 38.3 Å². The van der Waals surface area contributed by atoms with Crippen molar-refractivity contribution in [3.8, 4) is 0 Å². The van der Waals surface area contributed by atoms with Crippen molar-refractivity contribution in [2.75, 3.05) is 7.11 Å². The molecule has 1 aromatic rings. The van der Waals surface area contributed by atoms with Crippen LogP contribution >= 0.6 is 0 Å². The number of hydrogen-bond acceptors (Lipinski definition) is 6. The van der Waals surface area contributed by atoms with Crippen LogP contribution in [0.1, 0.15) is 42.0 Å². The average Bonchev–Trinajstić information content (AvgIpc) is 3.25. The standard InChI is InChI=1S/C15H16N2O6/c1-22-14(20)11-7-6-10(23-11)8-16-12(18)13(19)17(15(16)21)9-4-2-3-5-9/h6-7,9H,2-5,8H2,1H3. The third kappa shape index (κ3) is 2.60. The number of carbonyl (C=O) groups is 4. The molecule has 0 bridgehead atoms. The molecular weight excluding hydrogens is 304 g/mol. The molecule has 2 fully saturated rings. The van der Waals surface area contributed by atoms with Crippen LogP contribution in [-0.4, -0.2) is 46.8 Å². The third-order valence-corrected chi connectivity index (χ3v) is 4.14. The molecule has 1 aromatic heterocycles. The van der Waals surface area contributed by atoms with E-state index in [1.54, 1.807) is 0 Å². The molecule has 4 amide bonds. The molecule has 0 aromatic carbocycles. The van der Waals surface area contributed by atoms with Crippen molar-refractivity contribution in [1.29, 1.82) is 0 Å². The van der Waals surface area contributed by atoms with Crippen LogP contribution in [0.2, 0.25) is 0 Å². The molecule has 1 saturated carbocycles. The predicted octanol–water partition coefficient (Wildman–Crippen LogP) is 1.30. The Hall–Kier alpha value is -2.64. The Morgan fingerprint density at radius 2 is 1.91 bits per heavy atom. The molecule has 8 heteroatoms. The minimum atomic E-state index is -0.863. The number of imide groups is 2. The van der Waals surface area contributed by atoms with E-state index in [9.17, 15) is 19.2 Å². The maximum absolute atomic E-state index is 12.4. The minimum absolute atomic E-state index is 0.0272. The molecule has 1 aliphatic heterocycles. The number of furan rings is 1. The Morgan fingerprint density at radius 1 is 1.22 bits per heavy atom. The molecule has 0 radical (unpaired) electrons. The van der Waals surface area contributed by atoms with Gasteiger partial charge in [0.2, 0.25) is 5.76 Å². The monoisotopic (exact) mass is 320 g/mol. The maximum Gasteiger partial charge on any atom is 0.373 e. The van der Waals surface area contributed by atoms with Gasteiger partial charge in [-0.1, -0.05) is 12.8 Å². The summed E-state index contributed by atoms with van der Waals surface area (Å²) in [5.41, 5.74) is 0. The second kappa shape index (κ2) is 5.86. The van der Waals surface area contributed by atoms with Crippen LogP contribution < -0.4 is 0 Å². The number of rotatable bonds is 4. The zero-order chi connectivity index (χ0) is 16.6. The van der Waals surface area contributed by atoms with Crippen molar-refractivity contribution >= 4 is 23.8 Å². The SMILES string of the molecule is COC(=O)c1ccc(CN2C(=O)C(=O)N(C3CCCC3)C2=O)o1. The third-order valence-electron chi connectivity index (χ3n) is 4.14. The molecule has 1 saturated heterocycles. The molecule has 8 nitrogen and oxygen atoms in total. The van der Waals surface area contributed by atoms with Gasteiger partial charge in [-0.25, -0.2) is 14.5 Å². The molecular formula is C15H16N2O6. The van der Waals surface area contributed by atoms with Gasteiger partial charge < -0.3 is 9.15 Å². The summed E-state index contributed by atoms with van der Waals surface area (Å²) >= 11 is 0. The zero-order valence-corrected chi connectivity index (χ0v) is 12.6. The first kappa shape index (κ1) is 15.3. The number of carbonyl (C=O) groups excluding carboxylic acids is 4. The Kier molecular flexibility index (Phi) is 3.89. The molecule has 2 aliphatic rings. The van der Waals surface area contributed by atoms with Gasteiger partial charge in [0.15, 0.2) is 0 Å². The normalized spacial score (nSPS) is 19.1. The fourth-order valence-corrected chi connectivity index (χ4v) is 2.98. The number of amides is 4. The number of hydrogen-bond donors (Lipinski definition) is 0. The molecule has 0 atom stereocenters. The summed E-state index contributed by atoms with van der Waals surface area (Å²) in [5, 5.41) is 0. The summed E-state index contributed by atoms with van der Waals surface area (Å²) in [6.45, 7) is -0.191. The topological polar surface area (TPSA) is 97.1 Å². The molecule has 0 N–H and O–H groups in total. The van der Waals surface area contributed by atoms with Gasteiger partial charge in [-0.3, -0.25) is 14.5 Å². The van der Waals surface area contributed by atoms with Gasteiger partial charge in [-0.15, -0.1) is 0 Å². The number of esters is 1. The fourth-order valence-electron chi connectivity index (χ4n) is 2.98. The molecule has 122 valence electrons. The van der Waals surface area contributed by atoms with E-state index in [2.05, 4.69) is 4.74 Å². The van der Waals surface area contributed by atoms with Gasteiger partial charge in [-0.05, 0) is 25.0 Å². The lowest BCUT2D eigenvalue weighted by molar-refractivity contribution is -0.144. The second-order valence-corrected chi connectivity index (χ2v) is 5.54. The number of nitrogens with zero attached hydrogens (tertiary/aromatic N) is 2. The van der Waals surface area contributed by atoms with Crippen LogP contribution in [0.15, 0.2) is 16.5 Å². The van der Waals surface area contributed by atoms with E-state index in [0.717, 1.165) is 35.5 Å². The van der Waals surface area contributed by atoms with E-state index in [1.165, 1.54) is 19.2 Å². The average molecular weight is 320 g/mol. The maximum atomic E-state index is 12.4. The first-order valence-electron chi connectivity index (χ1n) is 7.39. The van der Waals surface area contributed by atoms with Crippen LogP contribution in [-0.2, 0) is 20.9 Å². The molecule has 23 heavy (non-hydrogen) atoms. The van der Waals surface area contributed by atoms with Gasteiger partial charge >= 0.3 is 23.8 Å². The minimum Gasteiger partial charge on any atom is -0.463 e. The van der Waals surface area contributed by atoms with Gasteiger partial charge in [-0.2, -0.15) is 0 Å². The molecule has 1 aliphatic carbocycles. The lowest BCUT2D eigenvalue weighted by Crippen LogP contribution is -2.39. The Morgan fingerprint density at radius 3 is 2.57 bits per heavy atom. The number of methoxy groups -OCH3 is 1. The zero-order valence-electron chi connectivity index (χ0n) is 12.6. The summed E-state index contributed by atoms with van der Waals surface area (Å²) in [6.07, 6.45) is 3.34. The summed E-state index contributed by atoms with van der Waals surface area (Å²) < 4.78 is 9.76. The van der Waals surface area contributed by atoms with Crippen molar-refractivity contribution in [1.82, 2.24) is 9.80 Å². The highest BCUT2D eigenvalue weighted by Crippen LogP contribution is 2.28. The summed E-state index contributed by atoms with van der Waals surface area (Å²) in [7, 11) is 1.22. The number of ether oxygens (including phenoxy) is 1. The van der Waals surface area contributed by atoms with Crippen molar-refractivity contribution in [3.63, 3.8) is 0 Å². The van der Waals surface area contributed by atoms with Gasteiger partial charge in [0.25, 0.3) is 0 Å². The van der Waals surface area contributed by atoms with E-state index in [0.29, 0.717) is 0 Å². The highest BCUT2D eigenvalue weighted by atomic mass is 16.5. The summed E-state index contributed by atoms with van der Waals surface area (Å²) in [6, 6.07) is 2.03. The van der Waals surface area contributed by atoms with Crippen LogP contribution in [0.4, 0.5) is 4.79 Å². The summed E-state index contributed by atoms with van der Waals surface area (Å²) in [4.78, 5) is 49.8. The van der Waals surface area contributed by atoms with Crippen LogP contribution in [0.5, 0.6) is 0 Å². The lowest BCUT2D eigenvalue weighted by atomic mass is 10.2. The van der Waals surface area contributed by atoms with E-state index in [4.69, 9.17) is 4.42 Å². The van der Waals surface area contributed by atoms with Crippen molar-refractivity contribution in [3.05, 3.63) is 23.7 Å². The molecule has 3 rings (SSSR count). The highest BCUT2D eigenvalue weighted by molar-refractivity contribution is 6.44. The highest BCUT2D eigenvalue weighted by Gasteiger charge is 2.48. The van der Waals surface area contributed by atoms with E-state index < -0.39 is 23.8 Å². The van der Waals surface area contributed by atoms with Crippen LogP contribution in [0, 0.1) is 0 Å². The van der Waals surface area contributed by atoms with Crippen molar-refractivity contribution in [2.24, 2.45) is 0 Å². The molecule has 2 heterocycles. The molecule has 0 unspecified atom stereocenters. The van der Waals surface area contributed by atoms with Crippen molar-refractivity contribution < 1.29 is 28.3 Å². The Labute approximate surface area is 132 Å². The van der Waals surface area contributed by atoms with Gasteiger partial charge in [0.1, 0.15) is 5.76 Å². The predicted molar refractivity (Wildman–Crippen MR) is 75.1 cm³/mol. The van der Waals surface area contributed by atoms with Crippen LogP contribution in [0.3, 0.4) is 0 Å². The first-order valence-corrected chi connectivity index (χ1v) is 7.39.